The number of carbonyl (C=O) groups excluding carboxylic acids is 1. The lowest BCUT2D eigenvalue weighted by atomic mass is 10.1. The average molecular weight is 357 g/mol. The molecule has 2 aromatic carbocycles. The van der Waals surface area contributed by atoms with Gasteiger partial charge in [-0.1, -0.05) is 24.3 Å². The van der Waals surface area contributed by atoms with Crippen molar-refractivity contribution in [1.82, 2.24) is 5.32 Å². The largest absolute Gasteiger partial charge is 0.348 e. The highest BCUT2D eigenvalue weighted by molar-refractivity contribution is 9.10. The molecule has 0 aliphatic heterocycles. The number of benzene rings is 2. The van der Waals surface area contributed by atoms with E-state index in [0.717, 1.165) is 11.1 Å². The number of rotatable bonds is 4. The van der Waals surface area contributed by atoms with Crippen LogP contribution >= 0.6 is 27.5 Å². The SMILES string of the molecule is O=C(NCc1cccc(CCl)c1)c1cc(F)ccc1Br. The second-order valence-electron chi connectivity index (χ2n) is 4.26. The van der Waals surface area contributed by atoms with Gasteiger partial charge in [0.25, 0.3) is 5.91 Å². The van der Waals surface area contributed by atoms with Crippen LogP contribution in [-0.2, 0) is 12.4 Å². The zero-order valence-corrected chi connectivity index (χ0v) is 12.8. The minimum absolute atomic E-state index is 0.276. The molecule has 0 atom stereocenters. The number of carbonyl (C=O) groups is 1. The van der Waals surface area contributed by atoms with E-state index in [1.807, 2.05) is 24.3 Å². The summed E-state index contributed by atoms with van der Waals surface area (Å²) >= 11 is 9.00. The first kappa shape index (κ1) is 15.0. The highest BCUT2D eigenvalue weighted by atomic mass is 79.9. The molecule has 0 spiro atoms. The van der Waals surface area contributed by atoms with Crippen molar-refractivity contribution in [3.8, 4) is 0 Å². The number of hydrogen-bond acceptors (Lipinski definition) is 1. The summed E-state index contributed by atoms with van der Waals surface area (Å²) in [4.78, 5) is 12.0. The normalized spacial score (nSPS) is 10.3. The lowest BCUT2D eigenvalue weighted by Gasteiger charge is -2.08. The van der Waals surface area contributed by atoms with Crippen LogP contribution in [0.15, 0.2) is 46.9 Å². The topological polar surface area (TPSA) is 29.1 Å². The Morgan fingerprint density at radius 3 is 2.70 bits per heavy atom. The molecule has 2 rings (SSSR count). The summed E-state index contributed by atoms with van der Waals surface area (Å²) in [6.07, 6.45) is 0. The molecule has 2 aromatic rings. The number of hydrogen-bond donors (Lipinski definition) is 1. The van der Waals surface area contributed by atoms with Crippen LogP contribution in [0.2, 0.25) is 0 Å². The van der Waals surface area contributed by atoms with E-state index < -0.39 is 5.82 Å². The van der Waals surface area contributed by atoms with E-state index in [2.05, 4.69) is 21.2 Å². The van der Waals surface area contributed by atoms with Gasteiger partial charge in [-0.3, -0.25) is 4.79 Å². The summed E-state index contributed by atoms with van der Waals surface area (Å²) in [5.41, 5.74) is 2.22. The van der Waals surface area contributed by atoms with Gasteiger partial charge in [0.1, 0.15) is 5.82 Å². The van der Waals surface area contributed by atoms with Crippen LogP contribution in [0, 0.1) is 5.82 Å². The van der Waals surface area contributed by atoms with Crippen LogP contribution in [0.25, 0.3) is 0 Å². The smallest absolute Gasteiger partial charge is 0.252 e. The van der Waals surface area contributed by atoms with Gasteiger partial charge in [-0.25, -0.2) is 4.39 Å². The summed E-state index contributed by atoms with van der Waals surface area (Å²) in [5, 5.41) is 2.76. The van der Waals surface area contributed by atoms with Gasteiger partial charge in [0.15, 0.2) is 0 Å². The monoisotopic (exact) mass is 355 g/mol. The second kappa shape index (κ2) is 6.86. The van der Waals surface area contributed by atoms with Gasteiger partial charge in [-0.2, -0.15) is 0 Å². The first-order valence-corrected chi connectivity index (χ1v) is 7.30. The van der Waals surface area contributed by atoms with Crippen molar-refractivity contribution in [1.29, 1.82) is 0 Å². The standard InChI is InChI=1S/C15H12BrClFNO/c16-14-5-4-12(18)7-13(14)15(20)19-9-11-3-1-2-10(6-11)8-17/h1-7H,8-9H2,(H,19,20). The molecule has 20 heavy (non-hydrogen) atoms. The third kappa shape index (κ3) is 3.81. The summed E-state index contributed by atoms with van der Waals surface area (Å²) in [6.45, 7) is 0.368. The lowest BCUT2D eigenvalue weighted by molar-refractivity contribution is 0.0949. The maximum absolute atomic E-state index is 13.2. The van der Waals surface area contributed by atoms with Crippen LogP contribution in [0.3, 0.4) is 0 Å². The van der Waals surface area contributed by atoms with Gasteiger partial charge in [-0.15, -0.1) is 11.6 Å². The van der Waals surface area contributed by atoms with Crippen molar-refractivity contribution < 1.29 is 9.18 Å². The highest BCUT2D eigenvalue weighted by Crippen LogP contribution is 2.18. The van der Waals surface area contributed by atoms with E-state index in [4.69, 9.17) is 11.6 Å². The third-order valence-electron chi connectivity index (χ3n) is 2.77. The van der Waals surface area contributed by atoms with Crippen LogP contribution in [0.1, 0.15) is 21.5 Å². The molecule has 0 aliphatic carbocycles. The Balaban J connectivity index is 2.06. The molecule has 1 amide bonds. The van der Waals surface area contributed by atoms with Crippen LogP contribution in [-0.4, -0.2) is 5.91 Å². The maximum Gasteiger partial charge on any atom is 0.252 e. The summed E-state index contributed by atoms with van der Waals surface area (Å²) < 4.78 is 13.7. The van der Waals surface area contributed by atoms with E-state index in [0.29, 0.717) is 16.9 Å². The highest BCUT2D eigenvalue weighted by Gasteiger charge is 2.10. The number of halogens is 3. The van der Waals surface area contributed by atoms with Crippen molar-refractivity contribution >= 4 is 33.4 Å². The van der Waals surface area contributed by atoms with Gasteiger partial charge < -0.3 is 5.32 Å². The second-order valence-corrected chi connectivity index (χ2v) is 5.38. The summed E-state index contributed by atoms with van der Waals surface area (Å²) in [7, 11) is 0. The number of amides is 1. The fraction of sp³-hybridized carbons (Fsp3) is 0.133. The third-order valence-corrected chi connectivity index (χ3v) is 3.77. The molecule has 0 aromatic heterocycles. The van der Waals surface area contributed by atoms with Crippen molar-refractivity contribution in [2.75, 3.05) is 0 Å². The molecular weight excluding hydrogens is 345 g/mol. The molecule has 0 aliphatic rings. The van der Waals surface area contributed by atoms with Crippen LogP contribution in [0.5, 0.6) is 0 Å². The Morgan fingerprint density at radius 1 is 1.20 bits per heavy atom. The molecule has 2 nitrogen and oxygen atoms in total. The van der Waals surface area contributed by atoms with Crippen LogP contribution in [0.4, 0.5) is 4.39 Å². The summed E-state index contributed by atoms with van der Waals surface area (Å²) in [6, 6.07) is 11.6. The Hall–Kier alpha value is -1.39. The first-order chi connectivity index (χ1) is 9.60. The average Bonchev–Trinajstić information content (AvgIpc) is 2.47. The van der Waals surface area contributed by atoms with Crippen molar-refractivity contribution in [2.45, 2.75) is 12.4 Å². The van der Waals surface area contributed by atoms with E-state index in [-0.39, 0.29) is 11.5 Å². The quantitative estimate of drug-likeness (QED) is 0.815. The summed E-state index contributed by atoms with van der Waals surface area (Å²) in [5.74, 6) is -0.341. The Morgan fingerprint density at radius 2 is 1.95 bits per heavy atom. The molecule has 0 radical (unpaired) electrons. The Kier molecular flexibility index (Phi) is 5.15. The minimum atomic E-state index is -0.442. The van der Waals surface area contributed by atoms with Gasteiger partial charge in [-0.05, 0) is 45.3 Å². The minimum Gasteiger partial charge on any atom is -0.348 e. The fourth-order valence-electron chi connectivity index (χ4n) is 1.77. The predicted molar refractivity (Wildman–Crippen MR) is 81.3 cm³/mol. The van der Waals surface area contributed by atoms with Crippen molar-refractivity contribution in [3.05, 3.63) is 69.4 Å². The molecule has 0 unspecified atom stereocenters. The molecule has 0 saturated heterocycles. The van der Waals surface area contributed by atoms with Crippen molar-refractivity contribution in [2.24, 2.45) is 0 Å². The molecular formula is C15H12BrClFNO. The van der Waals surface area contributed by atoms with Crippen LogP contribution < -0.4 is 5.32 Å². The molecule has 0 fully saturated rings. The number of nitrogens with one attached hydrogen (secondary N) is 1. The molecule has 0 bridgehead atoms. The van der Waals surface area contributed by atoms with Gasteiger partial charge in [0, 0.05) is 16.9 Å². The number of alkyl halides is 1. The van der Waals surface area contributed by atoms with E-state index in [9.17, 15) is 9.18 Å². The molecule has 5 heteroatoms. The maximum atomic E-state index is 13.2. The predicted octanol–water partition coefficient (Wildman–Crippen LogP) is 4.26. The zero-order valence-electron chi connectivity index (χ0n) is 10.5. The lowest BCUT2D eigenvalue weighted by Crippen LogP contribution is -2.23. The van der Waals surface area contributed by atoms with Gasteiger partial charge in [0.05, 0.1) is 5.56 Å². The fourth-order valence-corrected chi connectivity index (χ4v) is 2.36. The van der Waals surface area contributed by atoms with E-state index in [1.54, 1.807) is 0 Å². The molecule has 0 heterocycles. The van der Waals surface area contributed by atoms with Crippen molar-refractivity contribution in [3.63, 3.8) is 0 Å². The van der Waals surface area contributed by atoms with E-state index in [1.165, 1.54) is 18.2 Å². The molecule has 0 saturated carbocycles. The van der Waals surface area contributed by atoms with E-state index >= 15 is 0 Å². The first-order valence-electron chi connectivity index (χ1n) is 5.97. The molecule has 1 N–H and O–H groups in total. The zero-order chi connectivity index (χ0) is 14.5. The van der Waals surface area contributed by atoms with Gasteiger partial charge >= 0.3 is 0 Å². The van der Waals surface area contributed by atoms with Gasteiger partial charge in [0.2, 0.25) is 0 Å². The Bertz CT molecular complexity index is 633. The Labute approximate surface area is 130 Å². The molecule has 104 valence electrons.